The zero-order chi connectivity index (χ0) is 24.2. The number of hydrogen-bond donors (Lipinski definition) is 1. The van der Waals surface area contributed by atoms with Gasteiger partial charge in [0, 0.05) is 12.5 Å². The van der Waals surface area contributed by atoms with Crippen LogP contribution < -0.4 is 5.32 Å². The lowest BCUT2D eigenvalue weighted by Crippen LogP contribution is -2.44. The van der Waals surface area contributed by atoms with Crippen LogP contribution in [0, 0.1) is 11.3 Å². The van der Waals surface area contributed by atoms with Crippen LogP contribution in [0.15, 0.2) is 65.7 Å². The number of hydrogen-bond acceptors (Lipinski definition) is 7. The number of carbonyl (C=O) groups is 1. The molecule has 1 saturated carbocycles. The van der Waals surface area contributed by atoms with Crippen LogP contribution in [0.4, 0.5) is 4.79 Å². The highest BCUT2D eigenvalue weighted by Crippen LogP contribution is 2.37. The van der Waals surface area contributed by atoms with Crippen LogP contribution in [-0.2, 0) is 26.7 Å². The van der Waals surface area contributed by atoms with Crippen molar-refractivity contribution in [2.75, 3.05) is 6.26 Å². The first-order chi connectivity index (χ1) is 16.3. The van der Waals surface area contributed by atoms with Crippen molar-refractivity contribution in [1.82, 2.24) is 15.3 Å². The van der Waals surface area contributed by atoms with Crippen molar-refractivity contribution in [3.8, 4) is 17.2 Å². The van der Waals surface area contributed by atoms with E-state index in [1.54, 1.807) is 30.3 Å². The van der Waals surface area contributed by atoms with Gasteiger partial charge in [-0.15, -0.1) is 0 Å². The molecule has 1 fully saturated rings. The Hall–Kier alpha value is -3.77. The number of ether oxygens (including phenoxy) is 1. The number of carbonyl (C=O) groups excluding carboxylic acids is 1. The summed E-state index contributed by atoms with van der Waals surface area (Å²) >= 11 is 0. The Morgan fingerprint density at radius 1 is 1.06 bits per heavy atom. The fraction of sp³-hybridized carbons (Fsp3) is 0.280. The minimum atomic E-state index is -3.23. The molecule has 2 aromatic carbocycles. The molecule has 1 aliphatic carbocycles. The summed E-state index contributed by atoms with van der Waals surface area (Å²) < 4.78 is 28.7. The lowest BCUT2D eigenvalue weighted by molar-refractivity contribution is 0.125. The highest BCUT2D eigenvalue weighted by Gasteiger charge is 2.39. The highest BCUT2D eigenvalue weighted by atomic mass is 32.2. The monoisotopic (exact) mass is 476 g/mol. The van der Waals surface area contributed by atoms with Crippen molar-refractivity contribution in [2.45, 2.75) is 42.7 Å². The Morgan fingerprint density at radius 2 is 1.68 bits per heavy atom. The van der Waals surface area contributed by atoms with Gasteiger partial charge in [0.05, 0.1) is 16.1 Å². The molecular weight excluding hydrogens is 452 g/mol. The molecule has 0 saturated heterocycles. The number of nitrogens with one attached hydrogen (secondary N) is 1. The summed E-state index contributed by atoms with van der Waals surface area (Å²) in [6, 6.07) is 17.9. The van der Waals surface area contributed by atoms with E-state index in [4.69, 9.17) is 10.00 Å². The van der Waals surface area contributed by atoms with E-state index in [-0.39, 0.29) is 17.3 Å². The molecule has 0 unspecified atom stereocenters. The fourth-order valence-electron chi connectivity index (χ4n) is 4.17. The number of rotatable bonds is 6. The molecule has 3 aromatic rings. The fourth-order valence-corrected chi connectivity index (χ4v) is 4.80. The Morgan fingerprint density at radius 3 is 2.26 bits per heavy atom. The number of amides is 1. The molecule has 4 rings (SSSR count). The second-order valence-electron chi connectivity index (χ2n) is 8.36. The third kappa shape index (κ3) is 5.24. The Bertz CT molecular complexity index is 1320. The van der Waals surface area contributed by atoms with Gasteiger partial charge in [-0.2, -0.15) is 5.26 Å². The first kappa shape index (κ1) is 23.4. The predicted octanol–water partition coefficient (Wildman–Crippen LogP) is 4.11. The number of nitrogens with zero attached hydrogens (tertiary/aromatic N) is 3. The summed E-state index contributed by atoms with van der Waals surface area (Å²) in [5.74, 6) is 0.0741. The van der Waals surface area contributed by atoms with Crippen LogP contribution in [-0.4, -0.2) is 30.7 Å². The molecule has 174 valence electrons. The number of aromatic nitrogens is 2. The van der Waals surface area contributed by atoms with Crippen LogP contribution in [0.3, 0.4) is 0 Å². The normalized spacial score (nSPS) is 14.8. The number of nitriles is 1. The average Bonchev–Trinajstić information content (AvgIpc) is 3.32. The van der Waals surface area contributed by atoms with E-state index in [0.717, 1.165) is 42.4 Å². The van der Waals surface area contributed by atoms with Crippen LogP contribution in [0.1, 0.15) is 42.8 Å². The molecule has 1 aromatic heterocycles. The number of sulfone groups is 1. The maximum Gasteiger partial charge on any atom is 0.408 e. The van der Waals surface area contributed by atoms with Gasteiger partial charge in [-0.3, -0.25) is 0 Å². The van der Waals surface area contributed by atoms with Crippen LogP contribution in [0.25, 0.3) is 11.1 Å². The van der Waals surface area contributed by atoms with Gasteiger partial charge < -0.3 is 10.1 Å². The average molecular weight is 477 g/mol. The van der Waals surface area contributed by atoms with Crippen LogP contribution in [0.5, 0.6) is 0 Å². The summed E-state index contributed by atoms with van der Waals surface area (Å²) in [5, 5.41) is 12.1. The third-order valence-electron chi connectivity index (χ3n) is 5.98. The van der Waals surface area contributed by atoms with Crippen molar-refractivity contribution in [2.24, 2.45) is 0 Å². The van der Waals surface area contributed by atoms with Crippen LogP contribution in [0.2, 0.25) is 0 Å². The lowest BCUT2D eigenvalue weighted by Gasteiger charge is -2.29. The molecule has 1 heterocycles. The minimum Gasteiger partial charge on any atom is -0.445 e. The van der Waals surface area contributed by atoms with E-state index in [1.807, 2.05) is 30.3 Å². The second-order valence-corrected chi connectivity index (χ2v) is 10.4. The van der Waals surface area contributed by atoms with E-state index in [9.17, 15) is 13.2 Å². The molecule has 34 heavy (non-hydrogen) atoms. The quantitative estimate of drug-likeness (QED) is 0.568. The predicted molar refractivity (Wildman–Crippen MR) is 125 cm³/mol. The van der Waals surface area contributed by atoms with Gasteiger partial charge in [0.15, 0.2) is 9.84 Å². The number of alkyl carbamates (subject to hydrolysis) is 1. The first-order valence-corrected chi connectivity index (χ1v) is 12.8. The van der Waals surface area contributed by atoms with Gasteiger partial charge in [-0.25, -0.2) is 23.2 Å². The van der Waals surface area contributed by atoms with Gasteiger partial charge in [-0.05, 0) is 47.7 Å². The van der Waals surface area contributed by atoms with E-state index < -0.39 is 21.5 Å². The van der Waals surface area contributed by atoms with Crippen molar-refractivity contribution >= 4 is 15.9 Å². The topological polar surface area (TPSA) is 122 Å². The molecular formula is C25H24N4O4S. The molecule has 0 bridgehead atoms. The third-order valence-corrected chi connectivity index (χ3v) is 7.11. The van der Waals surface area contributed by atoms with Gasteiger partial charge in [0.1, 0.15) is 12.7 Å². The number of benzene rings is 2. The Balaban J connectivity index is 1.39. The standard InChI is InChI=1S/C25H24N4O4S/c1-34(31,32)21-10-8-20(9-11-21)19-6-4-18(5-7-19)17-33-24(30)29-25(13-2-3-14-25)22-12-15-27-23(16-26)28-22/h4-12,15H,2-3,13-14,17H2,1H3,(H,29,30). The molecule has 1 aliphatic rings. The molecule has 1 N–H and O–H groups in total. The Kier molecular flexibility index (Phi) is 6.61. The maximum absolute atomic E-state index is 12.6. The SMILES string of the molecule is CS(=O)(=O)c1ccc(-c2ccc(COC(=O)NC3(c4ccnc(C#N)n4)CCCC3)cc2)cc1. The van der Waals surface area contributed by atoms with Gasteiger partial charge in [0.2, 0.25) is 5.82 Å². The largest absolute Gasteiger partial charge is 0.445 e. The van der Waals surface area contributed by atoms with Gasteiger partial charge in [0.25, 0.3) is 0 Å². The first-order valence-electron chi connectivity index (χ1n) is 10.9. The van der Waals surface area contributed by atoms with Crippen molar-refractivity contribution in [1.29, 1.82) is 5.26 Å². The second kappa shape index (κ2) is 9.61. The summed E-state index contributed by atoms with van der Waals surface area (Å²) in [6.45, 7) is 0.0996. The molecule has 0 radical (unpaired) electrons. The Labute approximate surface area is 198 Å². The summed E-state index contributed by atoms with van der Waals surface area (Å²) in [4.78, 5) is 21.1. The maximum atomic E-state index is 12.6. The molecule has 0 spiro atoms. The highest BCUT2D eigenvalue weighted by molar-refractivity contribution is 7.90. The van der Waals surface area contributed by atoms with Crippen molar-refractivity contribution < 1.29 is 17.9 Å². The lowest BCUT2D eigenvalue weighted by atomic mass is 9.93. The minimum absolute atomic E-state index is 0.0741. The van der Waals surface area contributed by atoms with Crippen LogP contribution >= 0.6 is 0 Å². The van der Waals surface area contributed by atoms with Gasteiger partial charge in [-0.1, -0.05) is 49.2 Å². The van der Waals surface area contributed by atoms with Gasteiger partial charge >= 0.3 is 6.09 Å². The molecule has 8 nitrogen and oxygen atoms in total. The summed E-state index contributed by atoms with van der Waals surface area (Å²) in [6.07, 6.45) is 5.49. The van der Waals surface area contributed by atoms with Crippen molar-refractivity contribution in [3.05, 3.63) is 77.9 Å². The zero-order valence-electron chi connectivity index (χ0n) is 18.7. The summed E-state index contributed by atoms with van der Waals surface area (Å²) in [7, 11) is -3.23. The molecule has 9 heteroatoms. The van der Waals surface area contributed by atoms with E-state index in [2.05, 4.69) is 15.3 Å². The zero-order valence-corrected chi connectivity index (χ0v) is 19.5. The van der Waals surface area contributed by atoms with E-state index >= 15 is 0 Å². The molecule has 1 amide bonds. The van der Waals surface area contributed by atoms with E-state index in [0.29, 0.717) is 5.69 Å². The molecule has 0 atom stereocenters. The van der Waals surface area contributed by atoms with Crippen molar-refractivity contribution in [3.63, 3.8) is 0 Å². The molecule has 0 aliphatic heterocycles. The summed E-state index contributed by atoms with van der Waals surface area (Å²) in [5.41, 5.74) is 2.60. The smallest absolute Gasteiger partial charge is 0.408 e. The van der Waals surface area contributed by atoms with E-state index in [1.165, 1.54) is 12.5 Å².